The predicted molar refractivity (Wildman–Crippen MR) is 86.4 cm³/mol. The van der Waals surface area contributed by atoms with E-state index < -0.39 is 6.10 Å². The fourth-order valence-electron chi connectivity index (χ4n) is 4.39. The van der Waals surface area contributed by atoms with E-state index in [2.05, 4.69) is 25.2 Å². The number of aliphatic hydroxyl groups excluding tert-OH is 1. The molecule has 0 amide bonds. The lowest BCUT2D eigenvalue weighted by Crippen LogP contribution is -2.56. The Morgan fingerprint density at radius 1 is 1.36 bits per heavy atom. The smallest absolute Gasteiger partial charge is 0.165 e. The average molecular weight is 303 g/mol. The van der Waals surface area contributed by atoms with Gasteiger partial charge in [0.25, 0.3) is 0 Å². The molecule has 5 atom stereocenters. The summed E-state index contributed by atoms with van der Waals surface area (Å²) in [5.74, 6) is 0.895. The summed E-state index contributed by atoms with van der Waals surface area (Å²) in [5.41, 5.74) is 1.83. The molecule has 1 aromatic carbocycles. The van der Waals surface area contributed by atoms with Crippen LogP contribution in [0.4, 0.5) is 0 Å². The lowest BCUT2D eigenvalue weighted by atomic mass is 9.59. The van der Waals surface area contributed by atoms with Gasteiger partial charge < -0.3 is 20.3 Å². The largest absolute Gasteiger partial charge is 0.504 e. The van der Waals surface area contributed by atoms with Crippen molar-refractivity contribution in [1.82, 2.24) is 5.32 Å². The van der Waals surface area contributed by atoms with Crippen molar-refractivity contribution in [2.75, 3.05) is 7.05 Å². The Balaban J connectivity index is 2.27. The molecule has 1 aromatic rings. The summed E-state index contributed by atoms with van der Waals surface area (Å²) in [5, 5.41) is 24.1. The van der Waals surface area contributed by atoms with Gasteiger partial charge in [0.1, 0.15) is 12.2 Å². The van der Waals surface area contributed by atoms with Crippen molar-refractivity contribution in [3.63, 3.8) is 0 Å². The Hall–Kier alpha value is -1.52. The Labute approximate surface area is 131 Å². The third-order valence-corrected chi connectivity index (χ3v) is 5.56. The third kappa shape index (κ3) is 1.83. The summed E-state index contributed by atoms with van der Waals surface area (Å²) in [6.45, 7) is 6.33. The molecule has 4 heteroatoms. The minimum atomic E-state index is -0.661. The molecule has 2 aliphatic rings. The van der Waals surface area contributed by atoms with Crippen LogP contribution in [0.1, 0.15) is 31.4 Å². The van der Waals surface area contributed by atoms with Crippen LogP contribution in [0.3, 0.4) is 0 Å². The van der Waals surface area contributed by atoms with Crippen LogP contribution in [0.15, 0.2) is 24.3 Å². The minimum Gasteiger partial charge on any atom is -0.504 e. The minimum absolute atomic E-state index is 0.158. The summed E-state index contributed by atoms with van der Waals surface area (Å²) in [7, 11) is 1.95. The van der Waals surface area contributed by atoms with E-state index in [1.54, 1.807) is 6.07 Å². The van der Waals surface area contributed by atoms with E-state index in [0.29, 0.717) is 5.75 Å². The Bertz CT molecular complexity index is 613. The van der Waals surface area contributed by atoms with Gasteiger partial charge in [-0.05, 0) is 38.9 Å². The number of phenolic OH excluding ortho intramolecular Hbond substituents is 1. The summed E-state index contributed by atoms with van der Waals surface area (Å²) < 4.78 is 6.07. The van der Waals surface area contributed by atoms with E-state index >= 15 is 0 Å². The van der Waals surface area contributed by atoms with Crippen molar-refractivity contribution in [2.24, 2.45) is 5.92 Å². The monoisotopic (exact) mass is 303 g/mol. The van der Waals surface area contributed by atoms with Crippen molar-refractivity contribution >= 4 is 0 Å². The van der Waals surface area contributed by atoms with E-state index in [1.165, 1.54) is 0 Å². The first-order chi connectivity index (χ1) is 10.5. The Kier molecular flexibility index (Phi) is 3.69. The molecular weight excluding hydrogens is 278 g/mol. The quantitative estimate of drug-likeness (QED) is 0.750. The third-order valence-electron chi connectivity index (χ3n) is 5.56. The molecule has 0 aromatic heterocycles. The summed E-state index contributed by atoms with van der Waals surface area (Å²) in [4.78, 5) is 0. The van der Waals surface area contributed by atoms with Gasteiger partial charge in [-0.2, -0.15) is 0 Å². The number of hydrogen-bond donors (Lipinski definition) is 3. The maximum Gasteiger partial charge on any atom is 0.165 e. The van der Waals surface area contributed by atoms with Crippen LogP contribution in [0.5, 0.6) is 11.5 Å². The van der Waals surface area contributed by atoms with Gasteiger partial charge in [-0.3, -0.25) is 0 Å². The molecule has 0 radical (unpaired) electrons. The number of hydrogen-bond acceptors (Lipinski definition) is 4. The van der Waals surface area contributed by atoms with Crippen LogP contribution in [-0.2, 0) is 5.41 Å². The molecule has 1 aliphatic heterocycles. The summed E-state index contributed by atoms with van der Waals surface area (Å²) >= 11 is 0. The highest BCUT2D eigenvalue weighted by Crippen LogP contribution is 2.57. The molecule has 0 fully saturated rings. The van der Waals surface area contributed by atoms with E-state index in [1.807, 2.05) is 26.1 Å². The van der Waals surface area contributed by atoms with Gasteiger partial charge in [0.05, 0.1) is 0 Å². The molecule has 1 aliphatic carbocycles. The van der Waals surface area contributed by atoms with Crippen molar-refractivity contribution in [3.05, 3.63) is 35.4 Å². The number of fused-ring (bicyclic) bond motifs is 3. The fraction of sp³-hybridized carbons (Fsp3) is 0.556. The van der Waals surface area contributed by atoms with Crippen LogP contribution in [0.25, 0.3) is 0 Å². The Morgan fingerprint density at radius 2 is 2.09 bits per heavy atom. The SMILES string of the molecule is CCC12c3c(C)ccc(O)c3OC1C(O)C=CC2C(C)NC. The predicted octanol–water partition coefficient (Wildman–Crippen LogP) is 2.26. The highest BCUT2D eigenvalue weighted by Gasteiger charge is 2.58. The van der Waals surface area contributed by atoms with Crippen molar-refractivity contribution in [2.45, 2.75) is 50.9 Å². The second-order valence-electron chi connectivity index (χ2n) is 6.52. The standard InChI is InChI=1S/C18H25NO3/c1-5-18-12(11(3)19-4)7-9-14(21)17(18)22-16-13(20)8-6-10(2)15(16)18/h6-9,11-12,14,17,19-21H,5H2,1-4H3. The molecule has 0 saturated carbocycles. The van der Waals surface area contributed by atoms with Gasteiger partial charge in [0.15, 0.2) is 11.5 Å². The van der Waals surface area contributed by atoms with Gasteiger partial charge in [-0.15, -0.1) is 0 Å². The number of aliphatic hydroxyl groups is 1. The second-order valence-corrected chi connectivity index (χ2v) is 6.52. The zero-order chi connectivity index (χ0) is 16.1. The molecule has 0 saturated heterocycles. The summed E-state index contributed by atoms with van der Waals surface area (Å²) in [6, 6.07) is 3.84. The molecule has 22 heavy (non-hydrogen) atoms. The molecule has 5 unspecified atom stereocenters. The number of benzene rings is 1. The normalized spacial score (nSPS) is 34.0. The van der Waals surface area contributed by atoms with E-state index in [-0.39, 0.29) is 29.2 Å². The lowest BCUT2D eigenvalue weighted by molar-refractivity contribution is -0.000782. The average Bonchev–Trinajstić information content (AvgIpc) is 2.89. The lowest BCUT2D eigenvalue weighted by Gasteiger charge is -2.46. The van der Waals surface area contributed by atoms with Crippen molar-refractivity contribution in [3.8, 4) is 11.5 Å². The van der Waals surface area contributed by atoms with Gasteiger partial charge >= 0.3 is 0 Å². The topological polar surface area (TPSA) is 61.7 Å². The second kappa shape index (κ2) is 5.28. The molecule has 3 rings (SSSR count). The maximum absolute atomic E-state index is 10.5. The van der Waals surface area contributed by atoms with Crippen LogP contribution < -0.4 is 10.1 Å². The van der Waals surface area contributed by atoms with E-state index in [4.69, 9.17) is 4.74 Å². The van der Waals surface area contributed by atoms with Gasteiger partial charge in [-0.1, -0.05) is 25.1 Å². The number of nitrogens with one attached hydrogen (secondary N) is 1. The fourth-order valence-corrected chi connectivity index (χ4v) is 4.39. The molecule has 0 spiro atoms. The number of phenols is 1. The van der Waals surface area contributed by atoms with Gasteiger partial charge in [0, 0.05) is 22.9 Å². The molecule has 4 nitrogen and oxygen atoms in total. The van der Waals surface area contributed by atoms with Gasteiger partial charge in [-0.25, -0.2) is 0 Å². The highest BCUT2D eigenvalue weighted by molar-refractivity contribution is 5.59. The zero-order valence-electron chi connectivity index (χ0n) is 13.6. The molecule has 0 bridgehead atoms. The Morgan fingerprint density at radius 3 is 2.73 bits per heavy atom. The number of ether oxygens (including phenoxy) is 1. The van der Waals surface area contributed by atoms with Crippen LogP contribution >= 0.6 is 0 Å². The first-order valence-electron chi connectivity index (χ1n) is 8.00. The molecule has 120 valence electrons. The first kappa shape index (κ1) is 15.4. The zero-order valence-corrected chi connectivity index (χ0v) is 13.6. The van der Waals surface area contributed by atoms with E-state index in [9.17, 15) is 10.2 Å². The van der Waals surface area contributed by atoms with Crippen molar-refractivity contribution in [1.29, 1.82) is 0 Å². The first-order valence-corrected chi connectivity index (χ1v) is 8.00. The number of aryl methyl sites for hydroxylation is 1. The van der Waals surface area contributed by atoms with Crippen LogP contribution in [0.2, 0.25) is 0 Å². The molecular formula is C18H25NO3. The molecule has 1 heterocycles. The van der Waals surface area contributed by atoms with Crippen LogP contribution in [-0.4, -0.2) is 35.5 Å². The van der Waals surface area contributed by atoms with Crippen LogP contribution in [0, 0.1) is 12.8 Å². The summed E-state index contributed by atoms with van der Waals surface area (Å²) in [6.07, 6.45) is 3.76. The number of aromatic hydroxyl groups is 1. The van der Waals surface area contributed by atoms with Gasteiger partial charge in [0.2, 0.25) is 0 Å². The number of rotatable bonds is 3. The highest BCUT2D eigenvalue weighted by atomic mass is 16.5. The molecule has 3 N–H and O–H groups in total. The van der Waals surface area contributed by atoms with E-state index in [0.717, 1.165) is 17.5 Å². The van der Waals surface area contributed by atoms with Crippen molar-refractivity contribution < 1.29 is 14.9 Å². The maximum atomic E-state index is 10.5.